The molecule has 3 aromatic rings. The fourth-order valence-corrected chi connectivity index (χ4v) is 3.19. The van der Waals surface area contributed by atoms with Gasteiger partial charge < -0.3 is 18.8 Å². The first-order valence-electron chi connectivity index (χ1n) is 8.80. The normalized spacial score (nSPS) is 14.6. The molecular weight excluding hydrogens is 330 g/mol. The van der Waals surface area contributed by atoms with Crippen LogP contribution in [0.4, 0.5) is 5.88 Å². The highest BCUT2D eigenvalue weighted by atomic mass is 16.5. The molecule has 1 fully saturated rings. The molecule has 0 radical (unpaired) electrons. The first kappa shape index (κ1) is 16.7. The lowest BCUT2D eigenvalue weighted by Gasteiger charge is -2.28. The molecule has 5 heteroatoms. The summed E-state index contributed by atoms with van der Waals surface area (Å²) < 4.78 is 17.5. The van der Waals surface area contributed by atoms with Crippen molar-refractivity contribution in [2.45, 2.75) is 13.5 Å². The third-order valence-electron chi connectivity index (χ3n) is 4.62. The van der Waals surface area contributed by atoms with Crippen LogP contribution >= 0.6 is 0 Å². The van der Waals surface area contributed by atoms with Crippen LogP contribution in [0.25, 0.3) is 11.0 Å². The van der Waals surface area contributed by atoms with Gasteiger partial charge in [0.05, 0.1) is 24.2 Å². The maximum atomic E-state index is 12.8. The molecule has 0 saturated carbocycles. The Morgan fingerprint density at radius 1 is 1.04 bits per heavy atom. The zero-order valence-corrected chi connectivity index (χ0v) is 14.7. The van der Waals surface area contributed by atoms with E-state index in [1.54, 1.807) is 6.07 Å². The number of hydrogen-bond donors (Lipinski definition) is 0. The molecule has 134 valence electrons. The molecule has 26 heavy (non-hydrogen) atoms. The largest absolute Gasteiger partial charge is 0.485 e. The van der Waals surface area contributed by atoms with Crippen LogP contribution in [0.5, 0.6) is 5.75 Å². The molecule has 0 atom stereocenters. The van der Waals surface area contributed by atoms with Crippen molar-refractivity contribution in [2.24, 2.45) is 0 Å². The highest BCUT2D eigenvalue weighted by molar-refractivity contribution is 5.84. The van der Waals surface area contributed by atoms with E-state index in [2.05, 4.69) is 4.90 Å². The van der Waals surface area contributed by atoms with Crippen LogP contribution < -0.4 is 15.1 Å². The number of benzene rings is 2. The molecule has 0 unspecified atom stereocenters. The first-order chi connectivity index (χ1) is 12.7. The van der Waals surface area contributed by atoms with Crippen molar-refractivity contribution < 1.29 is 13.9 Å². The Morgan fingerprint density at radius 3 is 2.58 bits per heavy atom. The second kappa shape index (κ2) is 7.22. The SMILES string of the molecule is Cc1c(N2CCOCC2)oc2c(OCc3ccccc3)cccc2c1=O. The fraction of sp³-hybridized carbons (Fsp3) is 0.286. The van der Waals surface area contributed by atoms with E-state index in [4.69, 9.17) is 13.9 Å². The van der Waals surface area contributed by atoms with Crippen LogP contribution in [-0.4, -0.2) is 26.3 Å². The molecular formula is C21H21NO4. The van der Waals surface area contributed by atoms with Gasteiger partial charge in [-0.25, -0.2) is 0 Å². The Kier molecular flexibility index (Phi) is 4.63. The number of rotatable bonds is 4. The lowest BCUT2D eigenvalue weighted by atomic mass is 10.1. The zero-order chi connectivity index (χ0) is 17.9. The van der Waals surface area contributed by atoms with Gasteiger partial charge in [-0.05, 0) is 24.6 Å². The van der Waals surface area contributed by atoms with Gasteiger partial charge in [0.25, 0.3) is 0 Å². The highest BCUT2D eigenvalue weighted by Gasteiger charge is 2.20. The topological polar surface area (TPSA) is 51.9 Å². The van der Waals surface area contributed by atoms with Crippen molar-refractivity contribution >= 4 is 16.9 Å². The molecule has 0 N–H and O–H groups in total. The molecule has 2 aromatic carbocycles. The standard InChI is InChI=1S/C21H21NO4/c1-15-19(23)17-8-5-9-18(25-14-16-6-3-2-4-7-16)20(17)26-21(15)22-10-12-24-13-11-22/h2-9H,10-14H2,1H3. The van der Waals surface area contributed by atoms with Crippen molar-refractivity contribution in [2.75, 3.05) is 31.2 Å². The third kappa shape index (κ3) is 3.18. The summed E-state index contributed by atoms with van der Waals surface area (Å²) in [6.45, 7) is 4.92. The number of anilines is 1. The maximum absolute atomic E-state index is 12.8. The van der Waals surface area contributed by atoms with Gasteiger partial charge in [-0.2, -0.15) is 0 Å². The summed E-state index contributed by atoms with van der Waals surface area (Å²) >= 11 is 0. The minimum Gasteiger partial charge on any atom is -0.485 e. The van der Waals surface area contributed by atoms with E-state index < -0.39 is 0 Å². The lowest BCUT2D eigenvalue weighted by Crippen LogP contribution is -2.37. The smallest absolute Gasteiger partial charge is 0.203 e. The van der Waals surface area contributed by atoms with E-state index in [-0.39, 0.29) is 5.43 Å². The fourth-order valence-electron chi connectivity index (χ4n) is 3.19. The molecule has 5 nitrogen and oxygen atoms in total. The van der Waals surface area contributed by atoms with Gasteiger partial charge in [0.15, 0.2) is 16.8 Å². The van der Waals surface area contributed by atoms with E-state index in [9.17, 15) is 4.79 Å². The summed E-state index contributed by atoms with van der Waals surface area (Å²) in [5.74, 6) is 1.19. The molecule has 2 heterocycles. The van der Waals surface area contributed by atoms with Gasteiger partial charge >= 0.3 is 0 Å². The van der Waals surface area contributed by atoms with Crippen molar-refractivity contribution in [3.8, 4) is 5.75 Å². The number of fused-ring (bicyclic) bond motifs is 1. The van der Waals surface area contributed by atoms with Crippen molar-refractivity contribution in [1.29, 1.82) is 0 Å². The molecule has 1 aromatic heterocycles. The first-order valence-corrected chi connectivity index (χ1v) is 8.80. The van der Waals surface area contributed by atoms with E-state index in [1.807, 2.05) is 49.4 Å². The molecule has 0 spiro atoms. The number of ether oxygens (including phenoxy) is 2. The van der Waals surface area contributed by atoms with Gasteiger partial charge in [-0.1, -0.05) is 36.4 Å². The Labute approximate surface area is 151 Å². The van der Waals surface area contributed by atoms with Gasteiger partial charge in [0.2, 0.25) is 5.88 Å². The average Bonchev–Trinajstić information content (AvgIpc) is 2.70. The van der Waals surface area contributed by atoms with Crippen molar-refractivity contribution in [1.82, 2.24) is 0 Å². The summed E-state index contributed by atoms with van der Waals surface area (Å²) in [6.07, 6.45) is 0. The Morgan fingerprint density at radius 2 is 1.81 bits per heavy atom. The Hall–Kier alpha value is -2.79. The Balaban J connectivity index is 1.74. The predicted molar refractivity (Wildman–Crippen MR) is 101 cm³/mol. The number of morpholine rings is 1. The van der Waals surface area contributed by atoms with E-state index in [1.165, 1.54) is 0 Å². The van der Waals surface area contributed by atoms with E-state index in [0.717, 1.165) is 5.56 Å². The summed E-state index contributed by atoms with van der Waals surface area (Å²) in [5, 5.41) is 0.546. The summed E-state index contributed by atoms with van der Waals surface area (Å²) in [7, 11) is 0. The molecule has 0 amide bonds. The second-order valence-corrected chi connectivity index (χ2v) is 6.37. The van der Waals surface area contributed by atoms with Crippen LogP contribution in [0.2, 0.25) is 0 Å². The maximum Gasteiger partial charge on any atom is 0.203 e. The van der Waals surface area contributed by atoms with E-state index >= 15 is 0 Å². The zero-order valence-electron chi connectivity index (χ0n) is 14.7. The number of hydrogen-bond acceptors (Lipinski definition) is 5. The van der Waals surface area contributed by atoms with Crippen LogP contribution in [0, 0.1) is 6.92 Å². The molecule has 1 aliphatic rings. The summed E-state index contributed by atoms with van der Waals surface area (Å²) in [4.78, 5) is 14.9. The molecule has 1 saturated heterocycles. The summed E-state index contributed by atoms with van der Waals surface area (Å²) in [5.41, 5.74) is 2.17. The van der Waals surface area contributed by atoms with Crippen LogP contribution in [0.1, 0.15) is 11.1 Å². The minimum atomic E-state index is -0.0158. The lowest BCUT2D eigenvalue weighted by molar-refractivity contribution is 0.120. The van der Waals surface area contributed by atoms with Crippen molar-refractivity contribution in [3.63, 3.8) is 0 Å². The van der Waals surface area contributed by atoms with Gasteiger partial charge in [0, 0.05) is 13.1 Å². The number of para-hydroxylation sites is 1. The second-order valence-electron chi connectivity index (χ2n) is 6.37. The van der Waals surface area contributed by atoms with Gasteiger partial charge in [-0.3, -0.25) is 4.79 Å². The van der Waals surface area contributed by atoms with Crippen LogP contribution in [0.15, 0.2) is 57.7 Å². The molecule has 4 rings (SSSR count). The molecule has 0 bridgehead atoms. The monoisotopic (exact) mass is 351 g/mol. The van der Waals surface area contributed by atoms with Gasteiger partial charge in [-0.15, -0.1) is 0 Å². The van der Waals surface area contributed by atoms with Crippen LogP contribution in [0.3, 0.4) is 0 Å². The third-order valence-corrected chi connectivity index (χ3v) is 4.62. The van der Waals surface area contributed by atoms with Crippen LogP contribution in [-0.2, 0) is 11.3 Å². The Bertz CT molecular complexity index is 959. The molecule has 1 aliphatic heterocycles. The van der Waals surface area contributed by atoms with E-state index in [0.29, 0.717) is 61.1 Å². The highest BCUT2D eigenvalue weighted by Crippen LogP contribution is 2.30. The quantitative estimate of drug-likeness (QED) is 0.720. The minimum absolute atomic E-state index is 0.0158. The van der Waals surface area contributed by atoms with Crippen molar-refractivity contribution in [3.05, 3.63) is 69.9 Å². The number of nitrogens with zero attached hydrogens (tertiary/aromatic N) is 1. The summed E-state index contributed by atoms with van der Waals surface area (Å²) in [6, 6.07) is 15.4. The average molecular weight is 351 g/mol. The van der Waals surface area contributed by atoms with Gasteiger partial charge in [0.1, 0.15) is 6.61 Å². The predicted octanol–water partition coefficient (Wildman–Crippen LogP) is 3.52. The molecule has 0 aliphatic carbocycles.